The Labute approximate surface area is 107 Å². The zero-order valence-corrected chi connectivity index (χ0v) is 10.4. The van der Waals surface area contributed by atoms with Crippen molar-refractivity contribution in [3.05, 3.63) is 29.5 Å². The average molecular weight is 271 g/mol. The number of fused-ring (bicyclic) bond motifs is 1. The molecule has 0 saturated heterocycles. The minimum Gasteiger partial charge on any atom is -0.424 e. The van der Waals surface area contributed by atoms with Gasteiger partial charge in [0.2, 0.25) is 0 Å². The molecule has 6 heteroatoms. The smallest absolute Gasteiger partial charge is 0.417 e. The Balaban J connectivity index is 2.69. The molecule has 0 unspecified atom stereocenters. The van der Waals surface area contributed by atoms with Crippen molar-refractivity contribution >= 4 is 16.9 Å². The minimum atomic E-state index is -4.50. The Morgan fingerprint density at radius 1 is 1.37 bits per heavy atom. The normalized spacial score (nSPS) is 11.8. The molecule has 19 heavy (non-hydrogen) atoms. The number of aromatic amines is 1. The van der Waals surface area contributed by atoms with E-state index in [-0.39, 0.29) is 17.6 Å². The molecule has 1 heterocycles. The van der Waals surface area contributed by atoms with Crippen molar-refractivity contribution < 1.29 is 22.7 Å². The van der Waals surface area contributed by atoms with Crippen molar-refractivity contribution in [1.29, 1.82) is 0 Å². The Morgan fingerprint density at radius 2 is 2.05 bits per heavy atom. The lowest BCUT2D eigenvalue weighted by atomic mass is 10.1. The van der Waals surface area contributed by atoms with Crippen molar-refractivity contribution in [2.75, 3.05) is 0 Å². The Morgan fingerprint density at radius 3 is 2.63 bits per heavy atom. The summed E-state index contributed by atoms with van der Waals surface area (Å²) in [7, 11) is 0. The van der Waals surface area contributed by atoms with Gasteiger partial charge in [-0.2, -0.15) is 13.2 Å². The molecule has 3 nitrogen and oxygen atoms in total. The van der Waals surface area contributed by atoms with E-state index in [1.54, 1.807) is 13.8 Å². The maximum absolute atomic E-state index is 13.0. The number of hydrogen-bond acceptors (Lipinski definition) is 2. The molecule has 2 aromatic rings. The number of halogens is 3. The van der Waals surface area contributed by atoms with Crippen molar-refractivity contribution in [3.8, 4) is 5.75 Å². The standard InChI is InChI=1S/C13H12F3NO2/c1-3-10(18)19-12-7(2)17-9-6-4-5-8(11(9)12)13(14,15)16/h4-6,17H,3H2,1-2H3. The summed E-state index contributed by atoms with van der Waals surface area (Å²) in [5.41, 5.74) is -0.118. The minimum absolute atomic E-state index is 0.0465. The summed E-state index contributed by atoms with van der Waals surface area (Å²) < 4.78 is 43.9. The molecular formula is C13H12F3NO2. The first-order chi connectivity index (χ1) is 8.84. The first-order valence-corrected chi connectivity index (χ1v) is 5.73. The van der Waals surface area contributed by atoms with Gasteiger partial charge in [-0.15, -0.1) is 0 Å². The van der Waals surface area contributed by atoms with E-state index in [9.17, 15) is 18.0 Å². The number of aromatic nitrogens is 1. The summed E-state index contributed by atoms with van der Waals surface area (Å²) in [6.07, 6.45) is -4.40. The maximum Gasteiger partial charge on any atom is 0.417 e. The number of esters is 1. The molecule has 1 aromatic heterocycles. The van der Waals surface area contributed by atoms with Gasteiger partial charge >= 0.3 is 12.1 Å². The number of benzene rings is 1. The number of hydrogen-bond donors (Lipinski definition) is 1. The van der Waals surface area contributed by atoms with Gasteiger partial charge in [0.05, 0.1) is 22.2 Å². The summed E-state index contributed by atoms with van der Waals surface area (Å²) in [5, 5.41) is -0.102. The average Bonchev–Trinajstić information content (AvgIpc) is 2.64. The van der Waals surface area contributed by atoms with Gasteiger partial charge in [-0.05, 0) is 19.1 Å². The zero-order chi connectivity index (χ0) is 14.2. The van der Waals surface area contributed by atoms with Crippen molar-refractivity contribution in [3.63, 3.8) is 0 Å². The molecule has 0 radical (unpaired) electrons. The molecule has 0 amide bonds. The highest BCUT2D eigenvalue weighted by Gasteiger charge is 2.34. The third kappa shape index (κ3) is 2.43. The summed E-state index contributed by atoms with van der Waals surface area (Å²) in [4.78, 5) is 14.1. The first kappa shape index (κ1) is 13.5. The molecule has 0 aliphatic carbocycles. The fraction of sp³-hybridized carbons (Fsp3) is 0.308. The van der Waals surface area contributed by atoms with Crippen LogP contribution in [-0.4, -0.2) is 11.0 Å². The number of ether oxygens (including phenoxy) is 1. The van der Waals surface area contributed by atoms with Crippen LogP contribution in [0.2, 0.25) is 0 Å². The van der Waals surface area contributed by atoms with Gasteiger partial charge in [-0.3, -0.25) is 4.79 Å². The number of rotatable bonds is 2. The highest BCUT2D eigenvalue weighted by atomic mass is 19.4. The van der Waals surface area contributed by atoms with Gasteiger partial charge < -0.3 is 9.72 Å². The summed E-state index contributed by atoms with van der Waals surface area (Å²) in [5.74, 6) is -0.615. The summed E-state index contributed by atoms with van der Waals surface area (Å²) in [6.45, 7) is 3.15. The monoisotopic (exact) mass is 271 g/mol. The van der Waals surface area contributed by atoms with E-state index in [0.29, 0.717) is 11.2 Å². The predicted octanol–water partition coefficient (Wildman–Crippen LogP) is 3.81. The van der Waals surface area contributed by atoms with Crippen LogP contribution in [0.1, 0.15) is 24.6 Å². The van der Waals surface area contributed by atoms with Crippen LogP contribution >= 0.6 is 0 Å². The lowest BCUT2D eigenvalue weighted by Gasteiger charge is -2.10. The fourth-order valence-electron chi connectivity index (χ4n) is 1.90. The molecule has 2 rings (SSSR count). The summed E-state index contributed by atoms with van der Waals surface area (Å²) in [6, 6.07) is 3.80. The molecule has 0 saturated carbocycles. The van der Waals surface area contributed by atoms with Gasteiger partial charge in [-0.25, -0.2) is 0 Å². The lowest BCUT2D eigenvalue weighted by molar-refractivity contribution is -0.137. The van der Waals surface area contributed by atoms with Crippen molar-refractivity contribution in [2.45, 2.75) is 26.4 Å². The van der Waals surface area contributed by atoms with Gasteiger partial charge in [0, 0.05) is 6.42 Å². The van der Waals surface area contributed by atoms with Crippen LogP contribution in [0.3, 0.4) is 0 Å². The number of carbonyl (C=O) groups is 1. The van der Waals surface area contributed by atoms with E-state index in [1.165, 1.54) is 12.1 Å². The second-order valence-corrected chi connectivity index (χ2v) is 4.13. The molecular weight excluding hydrogens is 259 g/mol. The Kier molecular flexibility index (Phi) is 3.26. The maximum atomic E-state index is 13.0. The number of aryl methyl sites for hydroxylation is 1. The van der Waals surface area contributed by atoms with E-state index in [4.69, 9.17) is 4.74 Å². The number of alkyl halides is 3. The quantitative estimate of drug-likeness (QED) is 0.844. The highest BCUT2D eigenvalue weighted by Crippen LogP contribution is 2.40. The van der Waals surface area contributed by atoms with Gasteiger partial charge in [0.1, 0.15) is 0 Å². The molecule has 0 aliphatic heterocycles. The lowest BCUT2D eigenvalue weighted by Crippen LogP contribution is -2.09. The fourth-order valence-corrected chi connectivity index (χ4v) is 1.90. The van der Waals surface area contributed by atoms with E-state index in [1.807, 2.05) is 0 Å². The zero-order valence-electron chi connectivity index (χ0n) is 10.4. The SMILES string of the molecule is CCC(=O)Oc1c(C)[nH]c2cccc(C(F)(F)F)c12. The molecule has 0 fully saturated rings. The number of carbonyl (C=O) groups excluding carboxylic acids is 1. The molecule has 0 aliphatic rings. The van der Waals surface area contributed by atoms with E-state index >= 15 is 0 Å². The number of H-pyrrole nitrogens is 1. The van der Waals surface area contributed by atoms with Crippen molar-refractivity contribution in [2.24, 2.45) is 0 Å². The molecule has 1 aromatic carbocycles. The van der Waals surface area contributed by atoms with Crippen LogP contribution in [0.5, 0.6) is 5.75 Å². The number of nitrogens with one attached hydrogen (secondary N) is 1. The Hall–Kier alpha value is -1.98. The van der Waals surface area contributed by atoms with Crippen LogP contribution in [-0.2, 0) is 11.0 Å². The van der Waals surface area contributed by atoms with Crippen molar-refractivity contribution in [1.82, 2.24) is 4.98 Å². The third-order valence-electron chi connectivity index (χ3n) is 2.76. The molecule has 0 bridgehead atoms. The second-order valence-electron chi connectivity index (χ2n) is 4.13. The van der Waals surface area contributed by atoms with Crippen LogP contribution in [0.4, 0.5) is 13.2 Å². The summed E-state index contributed by atoms with van der Waals surface area (Å²) >= 11 is 0. The first-order valence-electron chi connectivity index (χ1n) is 5.73. The van der Waals surface area contributed by atoms with E-state index in [2.05, 4.69) is 4.98 Å². The van der Waals surface area contributed by atoms with Crippen LogP contribution in [0.25, 0.3) is 10.9 Å². The van der Waals surface area contributed by atoms with Gasteiger partial charge in [0.25, 0.3) is 0 Å². The van der Waals surface area contributed by atoms with Crippen LogP contribution in [0, 0.1) is 6.92 Å². The molecule has 1 N–H and O–H groups in total. The van der Waals surface area contributed by atoms with Gasteiger partial charge in [-0.1, -0.05) is 13.0 Å². The largest absolute Gasteiger partial charge is 0.424 e. The van der Waals surface area contributed by atoms with Crippen LogP contribution < -0.4 is 4.74 Å². The molecule has 0 spiro atoms. The predicted molar refractivity (Wildman–Crippen MR) is 64.0 cm³/mol. The Bertz CT molecular complexity index is 629. The van der Waals surface area contributed by atoms with E-state index < -0.39 is 17.7 Å². The van der Waals surface area contributed by atoms with E-state index in [0.717, 1.165) is 6.07 Å². The topological polar surface area (TPSA) is 42.1 Å². The third-order valence-corrected chi connectivity index (χ3v) is 2.76. The second kappa shape index (κ2) is 4.60. The highest BCUT2D eigenvalue weighted by molar-refractivity contribution is 5.93. The van der Waals surface area contributed by atoms with Crippen LogP contribution in [0.15, 0.2) is 18.2 Å². The van der Waals surface area contributed by atoms with Gasteiger partial charge in [0.15, 0.2) is 5.75 Å². The molecule has 102 valence electrons. The molecule has 0 atom stereocenters.